The molecule has 0 radical (unpaired) electrons. The topological polar surface area (TPSA) is 104 Å². The number of carbonyl (C=O) groups is 1. The highest BCUT2D eigenvalue weighted by atomic mass is 31.2. The van der Waals surface area contributed by atoms with Crippen LogP contribution in [-0.4, -0.2) is 27.3 Å². The molecule has 0 aliphatic rings. The first-order chi connectivity index (χ1) is 7.70. The van der Waals surface area contributed by atoms with Gasteiger partial charge in [-0.1, -0.05) is 33.1 Å². The maximum absolute atomic E-state index is 10.5. The summed E-state index contributed by atoms with van der Waals surface area (Å²) in [6, 6.07) is 0. The minimum Gasteiger partial charge on any atom is -0.466 e. The third kappa shape index (κ3) is 25.7. The van der Waals surface area contributed by atoms with E-state index in [-0.39, 0.29) is 5.97 Å². The molecular formula is C10H23O6P. The lowest BCUT2D eigenvalue weighted by molar-refractivity contribution is -0.142. The maximum Gasteiger partial charge on any atom is 0.466 e. The summed E-state index contributed by atoms with van der Waals surface area (Å²) in [6.45, 7) is 6.39. The van der Waals surface area contributed by atoms with E-state index in [2.05, 4.69) is 13.8 Å². The van der Waals surface area contributed by atoms with Crippen LogP contribution in [0.2, 0.25) is 0 Å². The molecule has 7 heteroatoms. The molecule has 0 saturated carbocycles. The first kappa shape index (κ1) is 18.9. The Bertz CT molecular complexity index is 229. The molecule has 0 bridgehead atoms. The van der Waals surface area contributed by atoms with Gasteiger partial charge in [0.25, 0.3) is 0 Å². The van der Waals surface area contributed by atoms with Crippen LogP contribution in [0.1, 0.15) is 46.5 Å². The van der Waals surface area contributed by atoms with E-state index in [1.54, 1.807) is 0 Å². The van der Waals surface area contributed by atoms with Crippen LogP contribution in [0.25, 0.3) is 0 Å². The zero-order valence-electron chi connectivity index (χ0n) is 10.6. The van der Waals surface area contributed by atoms with Crippen molar-refractivity contribution in [3.63, 3.8) is 0 Å². The van der Waals surface area contributed by atoms with Crippen molar-refractivity contribution in [2.45, 2.75) is 46.5 Å². The maximum atomic E-state index is 10.5. The molecule has 0 aromatic heterocycles. The van der Waals surface area contributed by atoms with Crippen LogP contribution in [0, 0.1) is 5.92 Å². The predicted molar refractivity (Wildman–Crippen MR) is 64.2 cm³/mol. The third-order valence-electron chi connectivity index (χ3n) is 2.07. The van der Waals surface area contributed by atoms with Gasteiger partial charge in [-0.2, -0.15) is 0 Å². The van der Waals surface area contributed by atoms with Crippen LogP contribution >= 0.6 is 7.82 Å². The SMILES string of the molecule is CCCCC(CC)COC(C)=O.O=P(O)(O)O. The third-order valence-corrected chi connectivity index (χ3v) is 2.07. The monoisotopic (exact) mass is 270 g/mol. The van der Waals surface area contributed by atoms with Crippen LogP contribution in [0.15, 0.2) is 0 Å². The number of rotatable bonds is 6. The fraction of sp³-hybridized carbons (Fsp3) is 0.900. The van der Waals surface area contributed by atoms with Crippen molar-refractivity contribution in [3.8, 4) is 0 Å². The largest absolute Gasteiger partial charge is 0.466 e. The molecule has 0 rings (SSSR count). The Morgan fingerprint density at radius 3 is 2.06 bits per heavy atom. The summed E-state index contributed by atoms with van der Waals surface area (Å²) in [5, 5.41) is 0. The van der Waals surface area contributed by atoms with Crippen LogP contribution in [0.4, 0.5) is 0 Å². The standard InChI is InChI=1S/C10H20O2.H3O4P/c1-4-6-7-10(5-2)8-12-9(3)11;1-5(2,3)4/h10H,4-8H2,1-3H3;(H3,1,2,3,4). The lowest BCUT2D eigenvalue weighted by atomic mass is 10.0. The van der Waals surface area contributed by atoms with Crippen LogP contribution in [0.5, 0.6) is 0 Å². The Morgan fingerprint density at radius 1 is 1.29 bits per heavy atom. The van der Waals surface area contributed by atoms with Gasteiger partial charge in [0.15, 0.2) is 0 Å². The first-order valence-corrected chi connectivity index (χ1v) is 7.18. The lowest BCUT2D eigenvalue weighted by Crippen LogP contribution is -2.11. The van der Waals surface area contributed by atoms with Gasteiger partial charge >= 0.3 is 13.8 Å². The summed E-state index contributed by atoms with van der Waals surface area (Å²) in [6.07, 6.45) is 4.74. The summed E-state index contributed by atoms with van der Waals surface area (Å²) in [5.74, 6) is 0.402. The Labute approximate surface area is 102 Å². The molecule has 1 unspecified atom stereocenters. The highest BCUT2D eigenvalue weighted by Crippen LogP contribution is 2.25. The molecule has 0 saturated heterocycles. The van der Waals surface area contributed by atoms with Crippen molar-refractivity contribution in [2.75, 3.05) is 6.61 Å². The molecule has 104 valence electrons. The van der Waals surface area contributed by atoms with Gasteiger partial charge in [0.1, 0.15) is 0 Å². The average molecular weight is 270 g/mol. The van der Waals surface area contributed by atoms with E-state index in [0.29, 0.717) is 12.5 Å². The minimum atomic E-state index is -4.64. The van der Waals surface area contributed by atoms with Gasteiger partial charge in [0, 0.05) is 6.92 Å². The number of unbranched alkanes of at least 4 members (excludes halogenated alkanes) is 1. The van der Waals surface area contributed by atoms with E-state index in [1.807, 2.05) is 0 Å². The van der Waals surface area contributed by atoms with Crippen molar-refractivity contribution < 1.29 is 28.8 Å². The summed E-state index contributed by atoms with van der Waals surface area (Å²) in [7, 11) is -4.64. The van der Waals surface area contributed by atoms with E-state index in [4.69, 9.17) is 24.0 Å². The molecule has 17 heavy (non-hydrogen) atoms. The second-order valence-electron chi connectivity index (χ2n) is 3.73. The van der Waals surface area contributed by atoms with Crippen molar-refractivity contribution in [2.24, 2.45) is 5.92 Å². The number of ether oxygens (including phenoxy) is 1. The Balaban J connectivity index is 0. The number of hydrogen-bond acceptors (Lipinski definition) is 3. The van der Waals surface area contributed by atoms with Crippen molar-refractivity contribution in [3.05, 3.63) is 0 Å². The molecule has 0 aromatic carbocycles. The van der Waals surface area contributed by atoms with Gasteiger partial charge in [-0.3, -0.25) is 4.79 Å². The zero-order chi connectivity index (χ0) is 13.9. The quantitative estimate of drug-likeness (QED) is 0.502. The molecule has 0 fully saturated rings. The van der Waals surface area contributed by atoms with Crippen molar-refractivity contribution in [1.29, 1.82) is 0 Å². The average Bonchev–Trinajstić information content (AvgIpc) is 2.15. The van der Waals surface area contributed by atoms with E-state index in [1.165, 1.54) is 26.2 Å². The van der Waals surface area contributed by atoms with Gasteiger partial charge in [-0.05, 0) is 12.3 Å². The molecule has 0 amide bonds. The Hall–Kier alpha value is -0.420. The van der Waals surface area contributed by atoms with E-state index in [9.17, 15) is 4.79 Å². The van der Waals surface area contributed by atoms with Crippen molar-refractivity contribution in [1.82, 2.24) is 0 Å². The summed E-state index contributed by atoms with van der Waals surface area (Å²) >= 11 is 0. The molecule has 6 nitrogen and oxygen atoms in total. The highest BCUT2D eigenvalue weighted by molar-refractivity contribution is 7.45. The van der Waals surface area contributed by atoms with Gasteiger partial charge in [-0.25, -0.2) is 4.57 Å². The number of phosphoric acid groups is 1. The lowest BCUT2D eigenvalue weighted by Gasteiger charge is -2.13. The smallest absolute Gasteiger partial charge is 0.466 e. The Morgan fingerprint density at radius 2 is 1.76 bits per heavy atom. The molecule has 0 spiro atoms. The van der Waals surface area contributed by atoms with Gasteiger partial charge in [-0.15, -0.1) is 0 Å². The molecule has 0 aromatic rings. The summed E-state index contributed by atoms with van der Waals surface area (Å²) in [5.41, 5.74) is 0. The predicted octanol–water partition coefficient (Wildman–Crippen LogP) is 1.84. The van der Waals surface area contributed by atoms with Crippen molar-refractivity contribution >= 4 is 13.8 Å². The first-order valence-electron chi connectivity index (χ1n) is 5.62. The van der Waals surface area contributed by atoms with Crippen LogP contribution in [-0.2, 0) is 14.1 Å². The highest BCUT2D eigenvalue weighted by Gasteiger charge is 2.06. The van der Waals surface area contributed by atoms with E-state index >= 15 is 0 Å². The van der Waals surface area contributed by atoms with Crippen LogP contribution in [0.3, 0.4) is 0 Å². The second kappa shape index (κ2) is 10.7. The molecular weight excluding hydrogens is 247 g/mol. The fourth-order valence-electron chi connectivity index (χ4n) is 1.13. The molecule has 3 N–H and O–H groups in total. The number of hydrogen-bond donors (Lipinski definition) is 3. The normalized spacial score (nSPS) is 12.4. The van der Waals surface area contributed by atoms with Crippen LogP contribution < -0.4 is 0 Å². The second-order valence-corrected chi connectivity index (χ2v) is 4.76. The van der Waals surface area contributed by atoms with E-state index < -0.39 is 7.82 Å². The van der Waals surface area contributed by atoms with Gasteiger partial charge in [0.2, 0.25) is 0 Å². The summed E-state index contributed by atoms with van der Waals surface area (Å²) < 4.78 is 13.8. The summed E-state index contributed by atoms with van der Waals surface area (Å²) in [4.78, 5) is 32.1. The molecule has 0 heterocycles. The van der Waals surface area contributed by atoms with Gasteiger partial charge in [0.05, 0.1) is 6.61 Å². The molecule has 0 aliphatic heterocycles. The van der Waals surface area contributed by atoms with Gasteiger partial charge < -0.3 is 19.4 Å². The van der Waals surface area contributed by atoms with E-state index in [0.717, 1.165) is 6.42 Å². The Kier molecular flexibility index (Phi) is 11.9. The molecule has 1 atom stereocenters. The number of carbonyl (C=O) groups excluding carboxylic acids is 1. The zero-order valence-corrected chi connectivity index (χ0v) is 11.5. The molecule has 0 aliphatic carbocycles. The fourth-order valence-corrected chi connectivity index (χ4v) is 1.13. The number of esters is 1. The minimum absolute atomic E-state index is 0.162.